The van der Waals surface area contributed by atoms with E-state index in [2.05, 4.69) is 37.9 Å². The Morgan fingerprint density at radius 3 is 2.90 bits per heavy atom. The van der Waals surface area contributed by atoms with Crippen molar-refractivity contribution in [2.75, 3.05) is 26.7 Å². The van der Waals surface area contributed by atoms with Crippen molar-refractivity contribution in [3.05, 3.63) is 0 Å². The summed E-state index contributed by atoms with van der Waals surface area (Å²) in [6.07, 6.45) is 1.41. The molecule has 10 heavy (non-hydrogen) atoms. The van der Waals surface area contributed by atoms with Gasteiger partial charge in [0.05, 0.1) is 0 Å². The predicted octanol–water partition coefficient (Wildman–Crippen LogP) is 0.972. The highest BCUT2D eigenvalue weighted by Gasteiger charge is 2.38. The van der Waals surface area contributed by atoms with Crippen molar-refractivity contribution < 1.29 is 0 Å². The van der Waals surface area contributed by atoms with Crippen LogP contribution in [0.5, 0.6) is 0 Å². The Bertz CT molecular complexity index is 140. The molecule has 0 saturated carbocycles. The summed E-state index contributed by atoms with van der Waals surface area (Å²) in [6, 6.07) is 0.866. The summed E-state index contributed by atoms with van der Waals surface area (Å²) in [6.45, 7) is 3.92. The molecular weight excluding hydrogens is 239 g/mol. The smallest absolute Gasteiger partial charge is 0.0362 e. The maximum absolute atomic E-state index is 2.48. The molecule has 2 unspecified atom stereocenters. The molecule has 2 nitrogen and oxygen atoms in total. The van der Waals surface area contributed by atoms with Crippen molar-refractivity contribution in [3.8, 4) is 0 Å². The topological polar surface area (TPSA) is 6.48 Å². The van der Waals surface area contributed by atoms with Gasteiger partial charge in [-0.1, -0.05) is 0 Å². The number of nitrogens with zero attached hydrogens (tertiary/aromatic N) is 2. The standard InChI is InChI=1S/C7H13IN2/c1-9-4-6-2-3-10(8)7(6)5-9/h6-7H,2-5H2,1H3. The first-order valence-electron chi connectivity index (χ1n) is 3.88. The second-order valence-electron chi connectivity index (χ2n) is 3.46. The van der Waals surface area contributed by atoms with E-state index in [-0.39, 0.29) is 0 Å². The van der Waals surface area contributed by atoms with Crippen molar-refractivity contribution in [1.29, 1.82) is 0 Å². The lowest BCUT2D eigenvalue weighted by molar-refractivity contribution is 0.364. The highest BCUT2D eigenvalue weighted by atomic mass is 127. The summed E-state index contributed by atoms with van der Waals surface area (Å²) < 4.78 is 2.48. The molecule has 58 valence electrons. The first-order chi connectivity index (χ1) is 4.77. The molecule has 2 atom stereocenters. The normalized spacial score (nSPS) is 42.6. The van der Waals surface area contributed by atoms with Crippen LogP contribution in [0.3, 0.4) is 0 Å². The molecule has 0 aliphatic carbocycles. The molecule has 2 aliphatic rings. The molecule has 0 aromatic carbocycles. The Balaban J connectivity index is 2.05. The van der Waals surface area contributed by atoms with Crippen LogP contribution in [0.1, 0.15) is 6.42 Å². The molecule has 2 aliphatic heterocycles. The molecule has 2 heterocycles. The Kier molecular flexibility index (Phi) is 1.90. The van der Waals surface area contributed by atoms with Crippen molar-refractivity contribution in [1.82, 2.24) is 8.01 Å². The lowest BCUT2D eigenvalue weighted by Crippen LogP contribution is -2.26. The lowest BCUT2D eigenvalue weighted by atomic mass is 10.1. The molecule has 0 spiro atoms. The summed E-state index contributed by atoms with van der Waals surface area (Å²) in [4.78, 5) is 2.44. The van der Waals surface area contributed by atoms with Gasteiger partial charge in [0.2, 0.25) is 0 Å². The zero-order chi connectivity index (χ0) is 7.14. The minimum absolute atomic E-state index is 0.866. The van der Waals surface area contributed by atoms with Gasteiger partial charge >= 0.3 is 0 Å². The second-order valence-corrected chi connectivity index (χ2v) is 4.70. The first kappa shape index (κ1) is 7.31. The number of likely N-dealkylation sites (tertiary alicyclic amines) is 1. The van der Waals surface area contributed by atoms with E-state index in [0.717, 1.165) is 12.0 Å². The van der Waals surface area contributed by atoms with Crippen LogP contribution in [-0.2, 0) is 0 Å². The summed E-state index contributed by atoms with van der Waals surface area (Å²) in [5.41, 5.74) is 0. The van der Waals surface area contributed by atoms with Gasteiger partial charge in [-0.3, -0.25) is 0 Å². The van der Waals surface area contributed by atoms with E-state index < -0.39 is 0 Å². The van der Waals surface area contributed by atoms with E-state index in [1.165, 1.54) is 26.1 Å². The fraction of sp³-hybridized carbons (Fsp3) is 1.00. The molecule has 0 radical (unpaired) electrons. The van der Waals surface area contributed by atoms with E-state index in [1.54, 1.807) is 0 Å². The van der Waals surface area contributed by atoms with Crippen LogP contribution in [-0.4, -0.2) is 40.7 Å². The largest absolute Gasteiger partial charge is 0.304 e. The Morgan fingerprint density at radius 2 is 2.20 bits per heavy atom. The summed E-state index contributed by atoms with van der Waals surface area (Å²) in [5, 5.41) is 0. The number of likely N-dealkylation sites (N-methyl/N-ethyl adjacent to an activating group) is 1. The first-order valence-corrected chi connectivity index (χ1v) is 4.85. The summed E-state index contributed by atoms with van der Waals surface area (Å²) in [5.74, 6) is 0.974. The number of hydrogen-bond acceptors (Lipinski definition) is 2. The van der Waals surface area contributed by atoms with E-state index in [9.17, 15) is 0 Å². The monoisotopic (exact) mass is 252 g/mol. The molecule has 0 aromatic rings. The van der Waals surface area contributed by atoms with Gasteiger partial charge in [-0.15, -0.1) is 0 Å². The number of hydrogen-bond donors (Lipinski definition) is 0. The number of fused-ring (bicyclic) bond motifs is 1. The average Bonchev–Trinajstić information content (AvgIpc) is 2.35. The minimum atomic E-state index is 0.866. The maximum Gasteiger partial charge on any atom is 0.0362 e. The van der Waals surface area contributed by atoms with Crippen LogP contribution in [0, 0.1) is 5.92 Å². The lowest BCUT2D eigenvalue weighted by Gasteiger charge is -2.15. The Morgan fingerprint density at radius 1 is 1.40 bits per heavy atom. The fourth-order valence-corrected chi connectivity index (χ4v) is 3.03. The number of halogens is 1. The second kappa shape index (κ2) is 2.60. The molecular formula is C7H13IN2. The Hall–Kier alpha value is 0.650. The zero-order valence-corrected chi connectivity index (χ0v) is 8.41. The maximum atomic E-state index is 2.48. The summed E-state index contributed by atoms with van der Waals surface area (Å²) >= 11 is 2.47. The van der Waals surface area contributed by atoms with Gasteiger partial charge in [0.25, 0.3) is 0 Å². The van der Waals surface area contributed by atoms with E-state index in [0.29, 0.717) is 0 Å². The van der Waals surface area contributed by atoms with Gasteiger partial charge in [-0.2, -0.15) is 0 Å². The predicted molar refractivity (Wildman–Crippen MR) is 50.1 cm³/mol. The van der Waals surface area contributed by atoms with Crippen LogP contribution in [0.4, 0.5) is 0 Å². The highest BCUT2D eigenvalue weighted by molar-refractivity contribution is 14.1. The molecule has 0 aromatic heterocycles. The van der Waals surface area contributed by atoms with E-state index in [1.807, 2.05) is 0 Å². The van der Waals surface area contributed by atoms with E-state index in [4.69, 9.17) is 0 Å². The highest BCUT2D eigenvalue weighted by Crippen LogP contribution is 2.32. The van der Waals surface area contributed by atoms with Crippen LogP contribution < -0.4 is 0 Å². The minimum Gasteiger partial charge on any atom is -0.304 e. The van der Waals surface area contributed by atoms with Crippen molar-refractivity contribution in [3.63, 3.8) is 0 Å². The van der Waals surface area contributed by atoms with Crippen LogP contribution in [0.25, 0.3) is 0 Å². The molecule has 0 N–H and O–H groups in total. The van der Waals surface area contributed by atoms with Gasteiger partial charge < -0.3 is 4.90 Å². The third kappa shape index (κ3) is 1.08. The van der Waals surface area contributed by atoms with Gasteiger partial charge in [0.15, 0.2) is 0 Å². The fourth-order valence-electron chi connectivity index (χ4n) is 2.12. The molecule has 2 saturated heterocycles. The van der Waals surface area contributed by atoms with Gasteiger partial charge in [-0.05, 0) is 19.4 Å². The molecule has 0 bridgehead atoms. The van der Waals surface area contributed by atoms with Crippen LogP contribution in [0.15, 0.2) is 0 Å². The molecule has 2 fully saturated rings. The van der Waals surface area contributed by atoms with Crippen molar-refractivity contribution >= 4 is 22.9 Å². The quantitative estimate of drug-likeness (QED) is 0.468. The third-order valence-corrected chi connectivity index (χ3v) is 3.86. The zero-order valence-electron chi connectivity index (χ0n) is 6.26. The van der Waals surface area contributed by atoms with E-state index >= 15 is 0 Å². The SMILES string of the molecule is CN1CC2CCN(I)C2C1. The van der Waals surface area contributed by atoms with Gasteiger partial charge in [0.1, 0.15) is 0 Å². The molecule has 3 heteroatoms. The molecule has 2 rings (SSSR count). The van der Waals surface area contributed by atoms with Crippen molar-refractivity contribution in [2.24, 2.45) is 5.92 Å². The van der Waals surface area contributed by atoms with Crippen LogP contribution in [0.2, 0.25) is 0 Å². The van der Waals surface area contributed by atoms with Gasteiger partial charge in [0, 0.05) is 48.5 Å². The Labute approximate surface area is 76.1 Å². The van der Waals surface area contributed by atoms with Crippen molar-refractivity contribution in [2.45, 2.75) is 12.5 Å². The molecule has 0 amide bonds. The average molecular weight is 252 g/mol. The summed E-state index contributed by atoms with van der Waals surface area (Å²) in [7, 11) is 2.22. The third-order valence-electron chi connectivity index (χ3n) is 2.66. The van der Waals surface area contributed by atoms with Crippen LogP contribution >= 0.6 is 22.9 Å². The number of rotatable bonds is 0. The van der Waals surface area contributed by atoms with Gasteiger partial charge in [-0.25, -0.2) is 3.11 Å².